The van der Waals surface area contributed by atoms with Gasteiger partial charge in [0.2, 0.25) is 5.91 Å². The molecule has 2 amide bonds. The van der Waals surface area contributed by atoms with Crippen molar-refractivity contribution in [2.45, 2.75) is 13.5 Å². The minimum atomic E-state index is -0.554. The Balaban J connectivity index is 1.43. The smallest absolute Gasteiger partial charge is 0.252 e. The number of rotatable bonds is 7. The molecule has 1 aliphatic heterocycles. The van der Waals surface area contributed by atoms with E-state index in [1.54, 1.807) is 13.0 Å². The second-order valence-electron chi connectivity index (χ2n) is 8.13. The number of nitrogens with two attached hydrogens (primary N) is 1. The number of piperazine rings is 1. The van der Waals surface area contributed by atoms with E-state index in [0.29, 0.717) is 28.6 Å². The summed E-state index contributed by atoms with van der Waals surface area (Å²) in [5.74, 6) is 0.152. The fraction of sp³-hybridized carbons (Fsp3) is 0.240. The summed E-state index contributed by atoms with van der Waals surface area (Å²) in [6.45, 7) is 5.18. The van der Waals surface area contributed by atoms with Crippen LogP contribution in [0.1, 0.15) is 22.8 Å². The van der Waals surface area contributed by atoms with Gasteiger partial charge in [0.15, 0.2) is 0 Å². The molecule has 3 aromatic rings. The molecule has 2 aromatic carbocycles. The van der Waals surface area contributed by atoms with Crippen LogP contribution in [0.4, 0.5) is 22.9 Å². The molecule has 2 heterocycles. The van der Waals surface area contributed by atoms with Gasteiger partial charge in [-0.15, -0.1) is 0 Å². The van der Waals surface area contributed by atoms with Crippen LogP contribution in [0.5, 0.6) is 0 Å². The number of nitrogens with zero attached hydrogens (tertiary/aromatic N) is 3. The van der Waals surface area contributed by atoms with Crippen molar-refractivity contribution >= 4 is 46.3 Å². The van der Waals surface area contributed by atoms with Crippen LogP contribution in [-0.2, 0) is 11.3 Å². The number of amides is 2. The molecule has 0 aliphatic carbocycles. The monoisotopic (exact) mass is 478 g/mol. The number of carbonyl (C=O) groups excluding carboxylic acids is 2. The SMILES string of the molecule is CC(=O)N1CCN(c2ccc(Nc3cc(NCc4cccc(Cl)c4)c(C(N)=O)cn3)cc2)CC1. The standard InChI is InChI=1S/C25H27ClN6O2/c1-17(33)31-9-11-32(12-10-31)21-7-5-20(6-8-21)30-24-14-23(22(16-29-24)25(27)34)28-15-18-3-2-4-19(26)13-18/h2-8,13-14,16H,9-12,15H2,1H3,(H2,27,34)(H2,28,29,30). The highest BCUT2D eigenvalue weighted by atomic mass is 35.5. The van der Waals surface area contributed by atoms with E-state index >= 15 is 0 Å². The van der Waals surface area contributed by atoms with Gasteiger partial charge in [-0.25, -0.2) is 4.98 Å². The van der Waals surface area contributed by atoms with Gasteiger partial charge in [0.1, 0.15) is 5.82 Å². The third-order valence-corrected chi connectivity index (χ3v) is 6.01. The van der Waals surface area contributed by atoms with Gasteiger partial charge >= 0.3 is 0 Å². The Labute approximate surface area is 203 Å². The minimum Gasteiger partial charge on any atom is -0.380 e. The predicted molar refractivity (Wildman–Crippen MR) is 136 cm³/mol. The van der Waals surface area contributed by atoms with Crippen LogP contribution in [-0.4, -0.2) is 47.9 Å². The Morgan fingerprint density at radius 2 is 1.79 bits per heavy atom. The van der Waals surface area contributed by atoms with Crippen molar-refractivity contribution in [3.05, 3.63) is 76.9 Å². The molecule has 9 heteroatoms. The maximum Gasteiger partial charge on any atom is 0.252 e. The van der Waals surface area contributed by atoms with Gasteiger partial charge in [0.25, 0.3) is 5.91 Å². The summed E-state index contributed by atoms with van der Waals surface area (Å²) in [6.07, 6.45) is 1.47. The maximum absolute atomic E-state index is 11.9. The van der Waals surface area contributed by atoms with E-state index in [1.165, 1.54) is 6.20 Å². The van der Waals surface area contributed by atoms with Crippen molar-refractivity contribution in [3.63, 3.8) is 0 Å². The number of nitrogens with one attached hydrogen (secondary N) is 2. The number of halogens is 1. The van der Waals surface area contributed by atoms with Gasteiger partial charge in [-0.05, 0) is 42.0 Å². The molecular weight excluding hydrogens is 452 g/mol. The van der Waals surface area contributed by atoms with Crippen LogP contribution in [0.25, 0.3) is 0 Å². The number of hydrogen-bond donors (Lipinski definition) is 3. The molecule has 8 nitrogen and oxygen atoms in total. The van der Waals surface area contributed by atoms with E-state index in [9.17, 15) is 9.59 Å². The summed E-state index contributed by atoms with van der Waals surface area (Å²) in [5.41, 5.74) is 9.39. The number of benzene rings is 2. The normalized spacial score (nSPS) is 13.5. The molecule has 4 N–H and O–H groups in total. The van der Waals surface area contributed by atoms with Crippen LogP contribution in [0.3, 0.4) is 0 Å². The van der Waals surface area contributed by atoms with Gasteiger partial charge in [-0.1, -0.05) is 23.7 Å². The van der Waals surface area contributed by atoms with Crippen molar-refractivity contribution in [3.8, 4) is 0 Å². The van der Waals surface area contributed by atoms with Gasteiger partial charge in [-0.2, -0.15) is 0 Å². The van der Waals surface area contributed by atoms with Crippen molar-refractivity contribution in [1.82, 2.24) is 9.88 Å². The highest BCUT2D eigenvalue weighted by molar-refractivity contribution is 6.30. The van der Waals surface area contributed by atoms with E-state index in [1.807, 2.05) is 53.4 Å². The molecule has 1 aliphatic rings. The first-order chi connectivity index (χ1) is 16.4. The number of carbonyl (C=O) groups is 2. The Bertz CT molecular complexity index is 1180. The number of aromatic nitrogens is 1. The second kappa shape index (κ2) is 10.4. The van der Waals surface area contributed by atoms with Crippen LogP contribution < -0.4 is 21.3 Å². The number of primary amides is 1. The van der Waals surface area contributed by atoms with E-state index in [4.69, 9.17) is 17.3 Å². The van der Waals surface area contributed by atoms with Crippen LogP contribution in [0, 0.1) is 0 Å². The Morgan fingerprint density at radius 3 is 2.44 bits per heavy atom. The lowest BCUT2D eigenvalue weighted by molar-refractivity contribution is -0.129. The molecule has 1 saturated heterocycles. The highest BCUT2D eigenvalue weighted by Gasteiger charge is 2.18. The average Bonchev–Trinajstić information content (AvgIpc) is 2.83. The Kier molecular flexibility index (Phi) is 7.18. The lowest BCUT2D eigenvalue weighted by Crippen LogP contribution is -2.48. The van der Waals surface area contributed by atoms with Crippen LogP contribution in [0.15, 0.2) is 60.8 Å². The van der Waals surface area contributed by atoms with E-state index in [-0.39, 0.29) is 5.91 Å². The zero-order valence-electron chi connectivity index (χ0n) is 18.9. The van der Waals surface area contributed by atoms with Gasteiger partial charge in [0, 0.05) is 68.3 Å². The molecule has 0 spiro atoms. The van der Waals surface area contributed by atoms with Gasteiger partial charge < -0.3 is 26.2 Å². The lowest BCUT2D eigenvalue weighted by atomic mass is 10.2. The third kappa shape index (κ3) is 5.77. The van der Waals surface area contributed by atoms with Gasteiger partial charge in [-0.3, -0.25) is 9.59 Å². The average molecular weight is 479 g/mol. The number of hydrogen-bond acceptors (Lipinski definition) is 6. The summed E-state index contributed by atoms with van der Waals surface area (Å²) < 4.78 is 0. The van der Waals surface area contributed by atoms with Crippen LogP contribution >= 0.6 is 11.6 Å². The molecule has 34 heavy (non-hydrogen) atoms. The Morgan fingerprint density at radius 1 is 1.06 bits per heavy atom. The number of anilines is 4. The number of pyridine rings is 1. The summed E-state index contributed by atoms with van der Waals surface area (Å²) in [5, 5.41) is 7.18. The first kappa shape index (κ1) is 23.4. The zero-order valence-corrected chi connectivity index (χ0v) is 19.7. The van der Waals surface area contributed by atoms with Crippen molar-refractivity contribution in [2.75, 3.05) is 41.7 Å². The summed E-state index contributed by atoms with van der Waals surface area (Å²) in [7, 11) is 0. The summed E-state index contributed by atoms with van der Waals surface area (Å²) >= 11 is 6.06. The Hall–Kier alpha value is -3.78. The molecule has 4 rings (SSSR count). The topological polar surface area (TPSA) is 104 Å². The molecule has 0 saturated carbocycles. The first-order valence-corrected chi connectivity index (χ1v) is 11.4. The fourth-order valence-electron chi connectivity index (χ4n) is 3.89. The molecule has 1 aromatic heterocycles. The molecule has 0 unspecified atom stereocenters. The van der Waals surface area contributed by atoms with Gasteiger partial charge in [0.05, 0.1) is 11.3 Å². The zero-order chi connectivity index (χ0) is 24.1. The lowest BCUT2D eigenvalue weighted by Gasteiger charge is -2.35. The van der Waals surface area contributed by atoms with Crippen molar-refractivity contribution in [1.29, 1.82) is 0 Å². The second-order valence-corrected chi connectivity index (χ2v) is 8.56. The van der Waals surface area contributed by atoms with E-state index in [2.05, 4.69) is 20.5 Å². The summed E-state index contributed by atoms with van der Waals surface area (Å²) in [6, 6.07) is 17.3. The van der Waals surface area contributed by atoms with Crippen LogP contribution in [0.2, 0.25) is 5.02 Å². The van der Waals surface area contributed by atoms with Crippen molar-refractivity contribution in [2.24, 2.45) is 5.73 Å². The molecule has 0 bridgehead atoms. The maximum atomic E-state index is 11.9. The predicted octanol–water partition coefficient (Wildman–Crippen LogP) is 3.86. The van der Waals surface area contributed by atoms with E-state index in [0.717, 1.165) is 43.1 Å². The van der Waals surface area contributed by atoms with E-state index < -0.39 is 5.91 Å². The first-order valence-electron chi connectivity index (χ1n) is 11.0. The summed E-state index contributed by atoms with van der Waals surface area (Å²) in [4.78, 5) is 31.9. The molecular formula is C25H27ClN6O2. The fourth-order valence-corrected chi connectivity index (χ4v) is 4.11. The quantitative estimate of drug-likeness (QED) is 0.476. The minimum absolute atomic E-state index is 0.121. The van der Waals surface area contributed by atoms with Crippen molar-refractivity contribution < 1.29 is 9.59 Å². The highest BCUT2D eigenvalue weighted by Crippen LogP contribution is 2.25. The molecule has 0 radical (unpaired) electrons. The third-order valence-electron chi connectivity index (χ3n) is 5.77. The molecule has 176 valence electrons. The largest absolute Gasteiger partial charge is 0.380 e. The molecule has 0 atom stereocenters. The molecule has 1 fully saturated rings.